The van der Waals surface area contributed by atoms with Crippen LogP contribution in [-0.4, -0.2) is 0 Å². The van der Waals surface area contributed by atoms with Crippen molar-refractivity contribution in [2.45, 2.75) is 58.3 Å². The summed E-state index contributed by atoms with van der Waals surface area (Å²) in [4.78, 5) is 0. The molecule has 0 spiro atoms. The zero-order chi connectivity index (χ0) is 15.6. The highest BCUT2D eigenvalue weighted by molar-refractivity contribution is 5.75. The summed E-state index contributed by atoms with van der Waals surface area (Å²) in [5.41, 5.74) is 3.24. The van der Waals surface area contributed by atoms with E-state index in [0.717, 1.165) is 12.0 Å². The van der Waals surface area contributed by atoms with Crippen LogP contribution >= 0.6 is 0 Å². The van der Waals surface area contributed by atoms with Gasteiger partial charge < -0.3 is 0 Å². The van der Waals surface area contributed by atoms with Gasteiger partial charge in [0, 0.05) is 0 Å². The first-order chi connectivity index (χ1) is 10.8. The Morgan fingerprint density at radius 3 is 2.41 bits per heavy atom. The lowest BCUT2D eigenvalue weighted by molar-refractivity contribution is 0.520. The van der Waals surface area contributed by atoms with Crippen molar-refractivity contribution < 1.29 is 0 Å². The third-order valence-electron chi connectivity index (χ3n) is 4.46. The van der Waals surface area contributed by atoms with Gasteiger partial charge in [0.25, 0.3) is 0 Å². The smallest absolute Gasteiger partial charge is 0.0991 e. The molecule has 0 saturated carbocycles. The first-order valence-corrected chi connectivity index (χ1v) is 8.72. The fourth-order valence-corrected chi connectivity index (χ4v) is 3.02. The molecule has 2 rings (SSSR count). The van der Waals surface area contributed by atoms with Crippen molar-refractivity contribution in [3.8, 4) is 6.07 Å². The highest BCUT2D eigenvalue weighted by Gasteiger charge is 2.09. The Kier molecular flexibility index (Phi) is 6.97. The van der Waals surface area contributed by atoms with Crippen LogP contribution in [-0.2, 0) is 0 Å². The highest BCUT2D eigenvalue weighted by atomic mass is 14.2. The van der Waals surface area contributed by atoms with Crippen LogP contribution < -0.4 is 0 Å². The number of allylic oxidation sites excluding steroid dienone is 4. The van der Waals surface area contributed by atoms with Crippen LogP contribution in [0.2, 0.25) is 0 Å². The molecule has 0 heterocycles. The minimum Gasteiger partial charge on any atom is -0.192 e. The Labute approximate surface area is 135 Å². The molecule has 0 saturated heterocycles. The zero-order valence-electron chi connectivity index (χ0n) is 13.7. The van der Waals surface area contributed by atoms with E-state index >= 15 is 0 Å². The van der Waals surface area contributed by atoms with Gasteiger partial charge in [-0.25, -0.2) is 0 Å². The monoisotopic (exact) mass is 293 g/mol. The molecular weight excluding hydrogens is 266 g/mol. The fraction of sp³-hybridized carbons (Fsp3) is 0.476. The van der Waals surface area contributed by atoms with E-state index in [-0.39, 0.29) is 0 Å². The third kappa shape index (κ3) is 5.19. The van der Waals surface area contributed by atoms with Crippen LogP contribution in [0.3, 0.4) is 0 Å². The van der Waals surface area contributed by atoms with E-state index in [4.69, 9.17) is 5.26 Å². The Bertz CT molecular complexity index is 542. The number of rotatable bonds is 8. The topological polar surface area (TPSA) is 23.8 Å². The Hall–Kier alpha value is -1.81. The van der Waals surface area contributed by atoms with Gasteiger partial charge in [-0.2, -0.15) is 5.26 Å². The SMILES string of the molecule is CCCCCCCCC1C=CC(c2ccc(C#N)cc2)=CC1. The predicted octanol–water partition coefficient (Wildman–Crippen LogP) is 6.27. The number of hydrogen-bond donors (Lipinski definition) is 0. The number of hydrogen-bond acceptors (Lipinski definition) is 1. The molecule has 1 heteroatoms. The van der Waals surface area contributed by atoms with Gasteiger partial charge >= 0.3 is 0 Å². The molecule has 1 unspecified atom stereocenters. The van der Waals surface area contributed by atoms with Crippen LogP contribution in [0.1, 0.15) is 69.4 Å². The molecule has 1 nitrogen and oxygen atoms in total. The van der Waals surface area contributed by atoms with Crippen LogP contribution in [0.25, 0.3) is 5.57 Å². The van der Waals surface area contributed by atoms with Crippen molar-refractivity contribution in [3.05, 3.63) is 53.6 Å². The predicted molar refractivity (Wildman–Crippen MR) is 94.4 cm³/mol. The molecule has 1 aliphatic rings. The molecule has 22 heavy (non-hydrogen) atoms. The molecule has 1 aromatic carbocycles. The molecule has 0 aromatic heterocycles. The minimum absolute atomic E-state index is 0.716. The van der Waals surface area contributed by atoms with E-state index in [2.05, 4.69) is 31.2 Å². The molecule has 0 radical (unpaired) electrons. The van der Waals surface area contributed by atoms with Crippen molar-refractivity contribution in [1.29, 1.82) is 5.26 Å². The molecule has 1 aromatic rings. The highest BCUT2D eigenvalue weighted by Crippen LogP contribution is 2.27. The van der Waals surface area contributed by atoms with Crippen molar-refractivity contribution in [2.75, 3.05) is 0 Å². The zero-order valence-corrected chi connectivity index (χ0v) is 13.7. The van der Waals surface area contributed by atoms with Gasteiger partial charge in [0.05, 0.1) is 11.6 Å². The molecule has 0 bridgehead atoms. The van der Waals surface area contributed by atoms with E-state index < -0.39 is 0 Å². The lowest BCUT2D eigenvalue weighted by Crippen LogP contribution is -2.00. The number of unbranched alkanes of at least 4 members (excludes halogenated alkanes) is 5. The van der Waals surface area contributed by atoms with E-state index in [1.54, 1.807) is 0 Å². The van der Waals surface area contributed by atoms with Gasteiger partial charge in [-0.05, 0) is 42.0 Å². The van der Waals surface area contributed by atoms with Crippen LogP contribution in [0.15, 0.2) is 42.5 Å². The molecule has 1 atom stereocenters. The van der Waals surface area contributed by atoms with Gasteiger partial charge in [0.2, 0.25) is 0 Å². The molecule has 0 aliphatic heterocycles. The Morgan fingerprint density at radius 1 is 1.05 bits per heavy atom. The standard InChI is InChI=1S/C21H27N/c1-2-3-4-5-6-7-8-18-9-13-20(14-10-18)21-15-11-19(17-22)12-16-21/h9,11-16,18H,2-8,10H2,1H3. The van der Waals surface area contributed by atoms with Gasteiger partial charge in [0.15, 0.2) is 0 Å². The van der Waals surface area contributed by atoms with Crippen molar-refractivity contribution in [3.63, 3.8) is 0 Å². The number of nitrogens with zero attached hydrogens (tertiary/aromatic N) is 1. The summed E-state index contributed by atoms with van der Waals surface area (Å²) in [5, 5.41) is 8.85. The van der Waals surface area contributed by atoms with Crippen molar-refractivity contribution in [1.82, 2.24) is 0 Å². The van der Waals surface area contributed by atoms with Crippen molar-refractivity contribution in [2.24, 2.45) is 5.92 Å². The first kappa shape index (κ1) is 16.6. The summed E-state index contributed by atoms with van der Waals surface area (Å²) in [7, 11) is 0. The Balaban J connectivity index is 1.73. The summed E-state index contributed by atoms with van der Waals surface area (Å²) in [5.74, 6) is 0.716. The lowest BCUT2D eigenvalue weighted by atomic mass is 9.89. The molecule has 0 amide bonds. The first-order valence-electron chi connectivity index (χ1n) is 8.72. The molecule has 1 aliphatic carbocycles. The van der Waals surface area contributed by atoms with Gasteiger partial charge in [-0.15, -0.1) is 0 Å². The summed E-state index contributed by atoms with van der Waals surface area (Å²) >= 11 is 0. The third-order valence-corrected chi connectivity index (χ3v) is 4.46. The molecule has 0 N–H and O–H groups in total. The lowest BCUT2D eigenvalue weighted by Gasteiger charge is -2.16. The minimum atomic E-state index is 0.716. The van der Waals surface area contributed by atoms with E-state index in [1.807, 2.05) is 24.3 Å². The van der Waals surface area contributed by atoms with Crippen LogP contribution in [0, 0.1) is 17.2 Å². The maximum Gasteiger partial charge on any atom is 0.0991 e. The normalized spacial score (nSPS) is 17.1. The van der Waals surface area contributed by atoms with Crippen molar-refractivity contribution >= 4 is 5.57 Å². The van der Waals surface area contributed by atoms with E-state index in [1.165, 1.54) is 56.1 Å². The van der Waals surface area contributed by atoms with Crippen LogP contribution in [0.5, 0.6) is 0 Å². The summed E-state index contributed by atoms with van der Waals surface area (Å²) < 4.78 is 0. The molecule has 116 valence electrons. The second kappa shape index (κ2) is 9.26. The van der Waals surface area contributed by atoms with Crippen LogP contribution in [0.4, 0.5) is 0 Å². The maximum atomic E-state index is 8.85. The average Bonchev–Trinajstić information content (AvgIpc) is 2.59. The van der Waals surface area contributed by atoms with Gasteiger partial charge in [-0.1, -0.05) is 75.8 Å². The maximum absolute atomic E-state index is 8.85. The fourth-order valence-electron chi connectivity index (χ4n) is 3.02. The average molecular weight is 293 g/mol. The molecule has 0 fully saturated rings. The second-order valence-corrected chi connectivity index (χ2v) is 6.26. The van der Waals surface area contributed by atoms with E-state index in [9.17, 15) is 0 Å². The number of nitriles is 1. The second-order valence-electron chi connectivity index (χ2n) is 6.26. The summed E-state index contributed by atoms with van der Waals surface area (Å²) in [6, 6.07) is 10.0. The molecular formula is C21H27N. The quantitative estimate of drug-likeness (QED) is 0.518. The number of benzene rings is 1. The van der Waals surface area contributed by atoms with Gasteiger partial charge in [-0.3, -0.25) is 0 Å². The summed E-state index contributed by atoms with van der Waals surface area (Å²) in [6.07, 6.45) is 17.7. The Morgan fingerprint density at radius 2 is 1.77 bits per heavy atom. The van der Waals surface area contributed by atoms with Gasteiger partial charge in [0.1, 0.15) is 0 Å². The van der Waals surface area contributed by atoms with E-state index in [0.29, 0.717) is 5.92 Å². The largest absolute Gasteiger partial charge is 0.192 e. The summed E-state index contributed by atoms with van der Waals surface area (Å²) in [6.45, 7) is 2.27.